The highest BCUT2D eigenvalue weighted by Gasteiger charge is 2.09. The second-order valence-electron chi connectivity index (χ2n) is 3.61. The fraction of sp³-hybridized carbons (Fsp3) is 0.0769. The summed E-state index contributed by atoms with van der Waals surface area (Å²) < 4.78 is 19.9. The summed E-state index contributed by atoms with van der Waals surface area (Å²) in [4.78, 5) is 0. The van der Waals surface area contributed by atoms with Gasteiger partial charge in [0, 0.05) is 11.0 Å². The summed E-state index contributed by atoms with van der Waals surface area (Å²) in [6, 6.07) is 9.91. The number of benzene rings is 2. The van der Waals surface area contributed by atoms with Crippen molar-refractivity contribution in [2.75, 3.05) is 0 Å². The van der Waals surface area contributed by atoms with E-state index >= 15 is 0 Å². The molecule has 0 unspecified atom stereocenters. The van der Waals surface area contributed by atoms with E-state index in [0.29, 0.717) is 12.3 Å². The van der Waals surface area contributed by atoms with E-state index < -0.39 is 5.82 Å². The molecule has 2 aromatic rings. The van der Waals surface area contributed by atoms with Crippen LogP contribution in [0.1, 0.15) is 5.56 Å². The standard InChI is InChI=1S/C13H10BrClFNO/c14-10-6-9(5-4-8(10)7-17)18-12-3-1-2-11(15)13(12)16/h1-6H,7,17H2. The molecule has 0 saturated heterocycles. The molecule has 94 valence electrons. The van der Waals surface area contributed by atoms with Crippen molar-refractivity contribution in [1.29, 1.82) is 0 Å². The van der Waals surface area contributed by atoms with Crippen LogP contribution in [-0.2, 0) is 6.54 Å². The first-order chi connectivity index (χ1) is 8.61. The Morgan fingerprint density at radius 2 is 2.06 bits per heavy atom. The van der Waals surface area contributed by atoms with E-state index in [0.717, 1.165) is 10.0 Å². The van der Waals surface area contributed by atoms with Crippen LogP contribution in [0.2, 0.25) is 5.02 Å². The summed E-state index contributed by atoms with van der Waals surface area (Å²) in [5.74, 6) is 0.0355. The minimum absolute atomic E-state index is 0.0325. The smallest absolute Gasteiger partial charge is 0.184 e. The summed E-state index contributed by atoms with van der Waals surface area (Å²) in [7, 11) is 0. The first kappa shape index (κ1) is 13.3. The highest BCUT2D eigenvalue weighted by atomic mass is 79.9. The monoisotopic (exact) mass is 329 g/mol. The van der Waals surface area contributed by atoms with Crippen LogP contribution in [0.4, 0.5) is 4.39 Å². The average molecular weight is 331 g/mol. The molecule has 2 aromatic carbocycles. The zero-order valence-electron chi connectivity index (χ0n) is 9.29. The zero-order valence-corrected chi connectivity index (χ0v) is 11.6. The Kier molecular flexibility index (Phi) is 4.22. The van der Waals surface area contributed by atoms with Gasteiger partial charge in [0.25, 0.3) is 0 Å². The van der Waals surface area contributed by atoms with Crippen LogP contribution < -0.4 is 10.5 Å². The fourth-order valence-electron chi connectivity index (χ4n) is 1.45. The Bertz CT molecular complexity index is 577. The highest BCUT2D eigenvalue weighted by molar-refractivity contribution is 9.10. The van der Waals surface area contributed by atoms with Crippen molar-refractivity contribution < 1.29 is 9.13 Å². The molecule has 0 heterocycles. The third-order valence-electron chi connectivity index (χ3n) is 2.39. The molecule has 0 atom stereocenters. The maximum absolute atomic E-state index is 13.6. The van der Waals surface area contributed by atoms with E-state index in [9.17, 15) is 4.39 Å². The lowest BCUT2D eigenvalue weighted by Crippen LogP contribution is -1.97. The SMILES string of the molecule is NCc1ccc(Oc2cccc(Cl)c2F)cc1Br. The van der Waals surface area contributed by atoms with Crippen molar-refractivity contribution in [3.63, 3.8) is 0 Å². The lowest BCUT2D eigenvalue weighted by molar-refractivity contribution is 0.442. The molecular formula is C13H10BrClFNO. The van der Waals surface area contributed by atoms with E-state index in [4.69, 9.17) is 22.1 Å². The van der Waals surface area contributed by atoms with Gasteiger partial charge in [-0.2, -0.15) is 0 Å². The fourth-order valence-corrected chi connectivity index (χ4v) is 2.13. The molecule has 0 aliphatic carbocycles. The lowest BCUT2D eigenvalue weighted by Gasteiger charge is -2.09. The molecule has 0 radical (unpaired) electrons. The van der Waals surface area contributed by atoms with Gasteiger partial charge in [-0.1, -0.05) is 39.7 Å². The van der Waals surface area contributed by atoms with Gasteiger partial charge in [0.1, 0.15) is 5.75 Å². The molecular weight excluding hydrogens is 321 g/mol. The Morgan fingerprint density at radius 3 is 2.72 bits per heavy atom. The van der Waals surface area contributed by atoms with Gasteiger partial charge in [-0.3, -0.25) is 0 Å². The lowest BCUT2D eigenvalue weighted by atomic mass is 10.2. The molecule has 0 aromatic heterocycles. The van der Waals surface area contributed by atoms with Gasteiger partial charge in [0.2, 0.25) is 0 Å². The molecule has 0 aliphatic heterocycles. The number of ether oxygens (including phenoxy) is 1. The quantitative estimate of drug-likeness (QED) is 0.899. The van der Waals surface area contributed by atoms with Crippen LogP contribution in [0.3, 0.4) is 0 Å². The normalized spacial score (nSPS) is 10.4. The average Bonchev–Trinajstić information content (AvgIpc) is 2.35. The predicted molar refractivity (Wildman–Crippen MR) is 73.5 cm³/mol. The first-order valence-electron chi connectivity index (χ1n) is 5.22. The topological polar surface area (TPSA) is 35.2 Å². The van der Waals surface area contributed by atoms with Crippen LogP contribution in [0, 0.1) is 5.82 Å². The van der Waals surface area contributed by atoms with Gasteiger partial charge in [0.05, 0.1) is 5.02 Å². The Morgan fingerprint density at radius 1 is 1.28 bits per heavy atom. The molecule has 2 N–H and O–H groups in total. The Hall–Kier alpha value is -1.10. The minimum atomic E-state index is -0.571. The number of hydrogen-bond acceptors (Lipinski definition) is 2. The molecule has 2 nitrogen and oxygen atoms in total. The van der Waals surface area contributed by atoms with Crippen LogP contribution in [0.25, 0.3) is 0 Å². The second kappa shape index (κ2) is 5.69. The molecule has 2 rings (SSSR count). The summed E-state index contributed by atoms with van der Waals surface area (Å²) in [6.07, 6.45) is 0. The number of halogens is 3. The van der Waals surface area contributed by atoms with E-state index in [1.807, 2.05) is 6.07 Å². The third-order valence-corrected chi connectivity index (χ3v) is 3.42. The van der Waals surface area contributed by atoms with E-state index in [-0.39, 0.29) is 10.8 Å². The van der Waals surface area contributed by atoms with Gasteiger partial charge in [-0.25, -0.2) is 4.39 Å². The van der Waals surface area contributed by atoms with Gasteiger partial charge < -0.3 is 10.5 Å². The molecule has 0 spiro atoms. The molecule has 0 fully saturated rings. The Balaban J connectivity index is 2.29. The number of rotatable bonds is 3. The third kappa shape index (κ3) is 2.83. The Labute approximate surface area is 118 Å². The van der Waals surface area contributed by atoms with Crippen LogP contribution in [0.15, 0.2) is 40.9 Å². The van der Waals surface area contributed by atoms with Crippen molar-refractivity contribution in [3.05, 3.63) is 57.3 Å². The molecule has 0 bridgehead atoms. The van der Waals surface area contributed by atoms with Crippen LogP contribution in [-0.4, -0.2) is 0 Å². The van der Waals surface area contributed by atoms with Gasteiger partial charge in [0.15, 0.2) is 11.6 Å². The summed E-state index contributed by atoms with van der Waals surface area (Å²) >= 11 is 9.05. The van der Waals surface area contributed by atoms with Gasteiger partial charge in [-0.15, -0.1) is 0 Å². The highest BCUT2D eigenvalue weighted by Crippen LogP contribution is 2.30. The van der Waals surface area contributed by atoms with Crippen molar-refractivity contribution in [2.45, 2.75) is 6.54 Å². The molecule has 0 amide bonds. The molecule has 0 saturated carbocycles. The maximum atomic E-state index is 13.6. The molecule has 5 heteroatoms. The second-order valence-corrected chi connectivity index (χ2v) is 4.87. The van der Waals surface area contributed by atoms with Gasteiger partial charge >= 0.3 is 0 Å². The van der Waals surface area contributed by atoms with Crippen molar-refractivity contribution in [3.8, 4) is 11.5 Å². The molecule has 18 heavy (non-hydrogen) atoms. The van der Waals surface area contributed by atoms with Crippen molar-refractivity contribution in [2.24, 2.45) is 5.73 Å². The molecule has 0 aliphatic rings. The summed E-state index contributed by atoms with van der Waals surface area (Å²) in [5.41, 5.74) is 6.50. The van der Waals surface area contributed by atoms with Crippen LogP contribution in [0.5, 0.6) is 11.5 Å². The van der Waals surface area contributed by atoms with E-state index in [2.05, 4.69) is 15.9 Å². The largest absolute Gasteiger partial charge is 0.454 e. The maximum Gasteiger partial charge on any atom is 0.184 e. The zero-order chi connectivity index (χ0) is 13.1. The number of nitrogens with two attached hydrogens (primary N) is 1. The van der Waals surface area contributed by atoms with Crippen LogP contribution >= 0.6 is 27.5 Å². The van der Waals surface area contributed by atoms with E-state index in [1.165, 1.54) is 12.1 Å². The summed E-state index contributed by atoms with van der Waals surface area (Å²) in [5, 5.41) is 0.0325. The first-order valence-corrected chi connectivity index (χ1v) is 6.39. The van der Waals surface area contributed by atoms with Crippen molar-refractivity contribution in [1.82, 2.24) is 0 Å². The summed E-state index contributed by atoms with van der Waals surface area (Å²) in [6.45, 7) is 0.423. The predicted octanol–water partition coefficient (Wildman–Crippen LogP) is 4.49. The van der Waals surface area contributed by atoms with E-state index in [1.54, 1.807) is 18.2 Å². The number of hydrogen-bond donors (Lipinski definition) is 1. The van der Waals surface area contributed by atoms with Crippen molar-refractivity contribution >= 4 is 27.5 Å². The van der Waals surface area contributed by atoms with Gasteiger partial charge in [-0.05, 0) is 29.8 Å². The minimum Gasteiger partial charge on any atom is -0.454 e.